The van der Waals surface area contributed by atoms with Crippen molar-refractivity contribution < 1.29 is 47.2 Å². The van der Waals surface area contributed by atoms with Crippen LogP contribution in [-0.2, 0) is 42.8 Å². The molecule has 2 saturated heterocycles. The van der Waals surface area contributed by atoms with Crippen LogP contribution in [0.3, 0.4) is 0 Å². The van der Waals surface area contributed by atoms with Crippen LogP contribution in [0.4, 0.5) is 0 Å². The normalized spacial score (nSPS) is 42.6. The average molecular weight is 655 g/mol. The number of carbonyl (C=O) groups excluding carboxylic acids is 3. The first-order valence-electron chi connectivity index (χ1n) is 17.0. The monoisotopic (exact) mass is 654 g/mol. The van der Waals surface area contributed by atoms with E-state index in [0.717, 1.165) is 16.7 Å². The van der Waals surface area contributed by atoms with Crippen LogP contribution in [0.15, 0.2) is 45.8 Å². The van der Waals surface area contributed by atoms with E-state index in [1.54, 1.807) is 25.5 Å². The lowest BCUT2D eigenvalue weighted by molar-refractivity contribution is -0.263. The van der Waals surface area contributed by atoms with Crippen molar-refractivity contribution in [3.8, 4) is 0 Å². The molecule has 1 aromatic rings. The number of allylic oxidation sites excluding steroid dienone is 2. The molecule has 2 aliphatic heterocycles. The molecule has 6 rings (SSSR count). The number of hydrogen-bond acceptors (Lipinski definition) is 10. The van der Waals surface area contributed by atoms with E-state index in [9.17, 15) is 14.4 Å². The van der Waals surface area contributed by atoms with Gasteiger partial charge in [-0.1, -0.05) is 32.4 Å². The Morgan fingerprint density at radius 3 is 2.32 bits per heavy atom. The highest BCUT2D eigenvalue weighted by Crippen LogP contribution is 2.73. The van der Waals surface area contributed by atoms with E-state index in [-0.39, 0.29) is 23.9 Å². The van der Waals surface area contributed by atoms with Gasteiger partial charge in [0, 0.05) is 66.9 Å². The summed E-state index contributed by atoms with van der Waals surface area (Å²) in [5.74, 6) is -1.74. The first kappa shape index (κ1) is 33.9. The summed E-state index contributed by atoms with van der Waals surface area (Å²) in [6.07, 6.45) is 3.37. The number of carbonyl (C=O) groups is 3. The molecule has 3 heterocycles. The molecule has 1 aromatic heterocycles. The van der Waals surface area contributed by atoms with Crippen molar-refractivity contribution in [1.29, 1.82) is 0 Å². The van der Waals surface area contributed by atoms with Gasteiger partial charge in [-0.25, -0.2) is 4.79 Å². The summed E-state index contributed by atoms with van der Waals surface area (Å²) in [4.78, 5) is 39.0. The van der Waals surface area contributed by atoms with Crippen LogP contribution in [0.25, 0.3) is 0 Å². The van der Waals surface area contributed by atoms with Gasteiger partial charge in [0.15, 0.2) is 6.29 Å². The van der Waals surface area contributed by atoms with E-state index in [0.29, 0.717) is 38.0 Å². The summed E-state index contributed by atoms with van der Waals surface area (Å²) in [5, 5.41) is 0. The van der Waals surface area contributed by atoms with Crippen molar-refractivity contribution in [1.82, 2.24) is 0 Å². The highest BCUT2D eigenvalue weighted by atomic mass is 16.7. The molecular weight excluding hydrogens is 604 g/mol. The molecule has 47 heavy (non-hydrogen) atoms. The summed E-state index contributed by atoms with van der Waals surface area (Å²) in [7, 11) is 0. The molecule has 0 N–H and O–H groups in total. The average Bonchev–Trinajstić information content (AvgIpc) is 3.72. The third kappa shape index (κ3) is 5.12. The second-order valence-electron chi connectivity index (χ2n) is 14.9. The number of ether oxygens (including phenoxy) is 6. The Morgan fingerprint density at radius 1 is 1.00 bits per heavy atom. The summed E-state index contributed by atoms with van der Waals surface area (Å²) in [6, 6.07) is 1.99. The lowest BCUT2D eigenvalue weighted by Crippen LogP contribution is -2.72. The van der Waals surface area contributed by atoms with E-state index in [1.165, 1.54) is 13.8 Å². The van der Waals surface area contributed by atoms with E-state index in [1.807, 2.05) is 19.9 Å². The molecule has 5 aliphatic rings. The van der Waals surface area contributed by atoms with Crippen molar-refractivity contribution >= 4 is 17.9 Å². The molecule has 0 amide bonds. The van der Waals surface area contributed by atoms with E-state index in [2.05, 4.69) is 27.7 Å². The summed E-state index contributed by atoms with van der Waals surface area (Å²) in [5.41, 5.74) is 1.62. The lowest BCUT2D eigenvalue weighted by atomic mass is 9.39. The van der Waals surface area contributed by atoms with Gasteiger partial charge in [0.05, 0.1) is 31.3 Å². The smallest absolute Gasteiger partial charge is 0.333 e. The van der Waals surface area contributed by atoms with E-state index >= 15 is 0 Å². The van der Waals surface area contributed by atoms with Crippen molar-refractivity contribution in [3.63, 3.8) is 0 Å². The summed E-state index contributed by atoms with van der Waals surface area (Å²) < 4.78 is 44.4. The number of esters is 3. The Hall–Kier alpha value is -2.95. The Kier molecular flexibility index (Phi) is 8.79. The van der Waals surface area contributed by atoms with Gasteiger partial charge < -0.3 is 32.8 Å². The largest absolute Gasteiger partial charge is 0.472 e. The topological polar surface area (TPSA) is 120 Å². The maximum Gasteiger partial charge on any atom is 0.333 e. The van der Waals surface area contributed by atoms with Crippen LogP contribution in [-0.4, -0.2) is 67.9 Å². The predicted molar refractivity (Wildman–Crippen MR) is 170 cm³/mol. The molecule has 0 unspecified atom stereocenters. The standard InChI is InChI=1S/C37H50O10/c1-10-19(3)34(40)47-33-31-32-35(7,18-43-31)27(44-21(5)38)16-28(45-22(6)39)36(32,8)26-15-29(42-11-2)46-25-14-24(23-12-13-41-17-23)20(4)30(25)37(26,33)9/h10,12-13,17,24-29,31-33H,11,14-16,18H2,1-9H3/b19-10+/t24-,25+,26-,27-,28+,29+,31-,32+,33-,35-,36+,37-/m1/s1. The van der Waals surface area contributed by atoms with Gasteiger partial charge in [0.1, 0.15) is 18.3 Å². The molecule has 0 radical (unpaired) electrons. The van der Waals surface area contributed by atoms with Gasteiger partial charge in [-0.3, -0.25) is 9.59 Å². The van der Waals surface area contributed by atoms with Crippen molar-refractivity contribution in [2.45, 2.75) is 124 Å². The fraction of sp³-hybridized carbons (Fsp3) is 0.703. The Bertz CT molecular complexity index is 1460. The third-order valence-corrected chi connectivity index (χ3v) is 12.5. The number of rotatable bonds is 7. The van der Waals surface area contributed by atoms with Gasteiger partial charge in [-0.15, -0.1) is 0 Å². The first-order chi connectivity index (χ1) is 22.2. The Balaban J connectivity index is 1.62. The zero-order chi connectivity index (χ0) is 34.1. The van der Waals surface area contributed by atoms with E-state index in [4.69, 9.17) is 32.8 Å². The van der Waals surface area contributed by atoms with Crippen molar-refractivity contribution in [2.75, 3.05) is 13.2 Å². The molecule has 4 fully saturated rings. The zero-order valence-corrected chi connectivity index (χ0v) is 29.1. The molecule has 0 spiro atoms. The predicted octanol–water partition coefficient (Wildman–Crippen LogP) is 6.04. The number of furan rings is 1. The van der Waals surface area contributed by atoms with Gasteiger partial charge in [-0.05, 0) is 57.2 Å². The van der Waals surface area contributed by atoms with Crippen molar-refractivity contribution in [3.05, 3.63) is 47.0 Å². The molecule has 2 saturated carbocycles. The molecule has 12 atom stereocenters. The fourth-order valence-electron chi connectivity index (χ4n) is 10.5. The summed E-state index contributed by atoms with van der Waals surface area (Å²) >= 11 is 0. The molecule has 10 heteroatoms. The van der Waals surface area contributed by atoms with Crippen LogP contribution >= 0.6 is 0 Å². The fourth-order valence-corrected chi connectivity index (χ4v) is 10.5. The first-order valence-corrected chi connectivity index (χ1v) is 17.0. The SMILES string of the molecule is C/C=C(\C)C(=O)O[C@@H]1[C@@H]2OC[C@]3(C)[C@H](OC(C)=O)C[C@H](OC(C)=O)[C@@](C)([C@@H]23)[C@H]2C[C@@H](OCC)O[C@H]3C[C@@H](c4ccoc4)C(C)=C3[C@]12C. The van der Waals surface area contributed by atoms with Gasteiger partial charge in [-0.2, -0.15) is 0 Å². The zero-order valence-electron chi connectivity index (χ0n) is 29.1. The second kappa shape index (κ2) is 12.2. The van der Waals surface area contributed by atoms with Crippen LogP contribution < -0.4 is 0 Å². The maximum absolute atomic E-state index is 13.8. The third-order valence-electron chi connectivity index (χ3n) is 12.5. The molecule has 0 aromatic carbocycles. The Labute approximate surface area is 277 Å². The lowest BCUT2D eigenvalue weighted by Gasteiger charge is -2.66. The quantitative estimate of drug-likeness (QED) is 0.149. The number of hydrogen-bond donors (Lipinski definition) is 0. The minimum absolute atomic E-state index is 0.0319. The molecule has 258 valence electrons. The molecule has 10 nitrogen and oxygen atoms in total. The van der Waals surface area contributed by atoms with Gasteiger partial charge >= 0.3 is 17.9 Å². The maximum atomic E-state index is 13.8. The number of fused-ring (bicyclic) bond motifs is 4. The van der Waals surface area contributed by atoms with E-state index < -0.39 is 64.9 Å². The Morgan fingerprint density at radius 2 is 1.70 bits per heavy atom. The molecule has 0 bridgehead atoms. The van der Waals surface area contributed by atoms with Gasteiger partial charge in [0.25, 0.3) is 0 Å². The second-order valence-corrected chi connectivity index (χ2v) is 14.9. The summed E-state index contributed by atoms with van der Waals surface area (Å²) in [6.45, 7) is 17.7. The molecular formula is C37H50O10. The van der Waals surface area contributed by atoms with Crippen molar-refractivity contribution in [2.24, 2.45) is 28.1 Å². The highest BCUT2D eigenvalue weighted by Gasteiger charge is 2.77. The van der Waals surface area contributed by atoms with Crippen LogP contribution in [0.5, 0.6) is 0 Å². The van der Waals surface area contributed by atoms with Crippen LogP contribution in [0.2, 0.25) is 0 Å². The minimum Gasteiger partial charge on any atom is -0.472 e. The molecule has 3 aliphatic carbocycles. The van der Waals surface area contributed by atoms with Crippen LogP contribution in [0, 0.1) is 28.1 Å². The van der Waals surface area contributed by atoms with Crippen LogP contribution in [0.1, 0.15) is 93.1 Å². The van der Waals surface area contributed by atoms with Gasteiger partial charge in [0.2, 0.25) is 0 Å². The minimum atomic E-state index is -0.809. The highest BCUT2D eigenvalue weighted by molar-refractivity contribution is 5.87.